The normalized spacial score (nSPS) is 11.2. The lowest BCUT2D eigenvalue weighted by Gasteiger charge is -2.11. The van der Waals surface area contributed by atoms with Crippen LogP contribution >= 0.6 is 23.2 Å². The number of ether oxygens (including phenoxy) is 1. The third-order valence-corrected chi connectivity index (χ3v) is 5.03. The fraction of sp³-hybridized carbons (Fsp3) is 0.133. The Morgan fingerprint density at radius 2 is 1.96 bits per heavy atom. The number of amides is 1. The van der Waals surface area contributed by atoms with Gasteiger partial charge in [0.25, 0.3) is 0 Å². The van der Waals surface area contributed by atoms with Gasteiger partial charge in [0.05, 0.1) is 12.1 Å². The molecule has 0 bridgehead atoms. The highest BCUT2D eigenvalue weighted by Gasteiger charge is 2.21. The third kappa shape index (κ3) is 4.99. The van der Waals surface area contributed by atoms with Gasteiger partial charge in [0.15, 0.2) is 5.75 Å². The largest absolute Gasteiger partial charge is 0.505 e. The standard InChI is InChI=1S/C15H14Cl2N2O5S/c1-24-15(21)19-11-4-2-3-9(5-11)8-18-25(22,23)13-7-10(16)6-12(17)14(13)20/h2-7,18,20H,8H2,1H3,(H,19,21). The van der Waals surface area contributed by atoms with Gasteiger partial charge in [0, 0.05) is 17.3 Å². The lowest BCUT2D eigenvalue weighted by molar-refractivity contribution is 0.187. The van der Waals surface area contributed by atoms with Crippen molar-refractivity contribution in [3.8, 4) is 5.75 Å². The second-order valence-electron chi connectivity index (χ2n) is 4.88. The molecular weight excluding hydrogens is 391 g/mol. The number of hydrogen-bond acceptors (Lipinski definition) is 5. The second kappa shape index (κ2) is 7.92. The summed E-state index contributed by atoms with van der Waals surface area (Å²) >= 11 is 11.5. The molecule has 0 aliphatic heterocycles. The van der Waals surface area contributed by atoms with E-state index in [1.165, 1.54) is 13.2 Å². The smallest absolute Gasteiger partial charge is 0.411 e. The Hall–Kier alpha value is -2.00. The maximum absolute atomic E-state index is 12.4. The molecule has 0 aliphatic carbocycles. The van der Waals surface area contributed by atoms with Gasteiger partial charge in [-0.1, -0.05) is 35.3 Å². The number of aromatic hydroxyl groups is 1. The molecule has 25 heavy (non-hydrogen) atoms. The fourth-order valence-corrected chi connectivity index (χ4v) is 3.70. The predicted octanol–water partition coefficient (Wildman–Crippen LogP) is 3.36. The van der Waals surface area contributed by atoms with Gasteiger partial charge < -0.3 is 9.84 Å². The van der Waals surface area contributed by atoms with Crippen LogP contribution in [-0.4, -0.2) is 26.7 Å². The Labute approximate surface area is 154 Å². The zero-order valence-electron chi connectivity index (χ0n) is 12.9. The van der Waals surface area contributed by atoms with Gasteiger partial charge in [-0.05, 0) is 29.8 Å². The number of rotatable bonds is 5. The highest BCUT2D eigenvalue weighted by atomic mass is 35.5. The zero-order valence-corrected chi connectivity index (χ0v) is 15.2. The molecule has 2 aromatic carbocycles. The number of hydrogen-bond donors (Lipinski definition) is 3. The lowest BCUT2D eigenvalue weighted by atomic mass is 10.2. The number of nitrogens with one attached hydrogen (secondary N) is 2. The summed E-state index contributed by atoms with van der Waals surface area (Å²) in [6.45, 7) is -0.0808. The molecule has 7 nitrogen and oxygen atoms in total. The van der Waals surface area contributed by atoms with Crippen molar-refractivity contribution in [3.63, 3.8) is 0 Å². The van der Waals surface area contributed by atoms with Gasteiger partial charge in [-0.25, -0.2) is 17.9 Å². The van der Waals surface area contributed by atoms with Gasteiger partial charge in [-0.2, -0.15) is 0 Å². The van der Waals surface area contributed by atoms with Crippen molar-refractivity contribution in [2.24, 2.45) is 0 Å². The van der Waals surface area contributed by atoms with Crippen LogP contribution in [-0.2, 0) is 21.3 Å². The number of phenolic OH excluding ortho intramolecular Hbond substituents is 1. The van der Waals surface area contributed by atoms with E-state index in [2.05, 4.69) is 14.8 Å². The van der Waals surface area contributed by atoms with Crippen molar-refractivity contribution in [2.75, 3.05) is 12.4 Å². The highest BCUT2D eigenvalue weighted by molar-refractivity contribution is 7.89. The molecule has 10 heteroatoms. The molecule has 0 fully saturated rings. The minimum Gasteiger partial charge on any atom is -0.505 e. The highest BCUT2D eigenvalue weighted by Crippen LogP contribution is 2.34. The number of phenols is 1. The summed E-state index contributed by atoms with van der Waals surface area (Å²) in [4.78, 5) is 10.8. The van der Waals surface area contributed by atoms with Crippen molar-refractivity contribution in [1.82, 2.24) is 4.72 Å². The molecule has 0 atom stereocenters. The van der Waals surface area contributed by atoms with Crippen molar-refractivity contribution in [2.45, 2.75) is 11.4 Å². The van der Waals surface area contributed by atoms with Crippen LogP contribution in [0.4, 0.5) is 10.5 Å². The molecule has 0 radical (unpaired) electrons. The number of benzene rings is 2. The fourth-order valence-electron chi connectivity index (χ4n) is 1.93. The first-order valence-electron chi connectivity index (χ1n) is 6.84. The molecule has 0 spiro atoms. The van der Waals surface area contributed by atoms with Crippen LogP contribution in [0.3, 0.4) is 0 Å². The Morgan fingerprint density at radius 1 is 1.24 bits per heavy atom. The van der Waals surface area contributed by atoms with E-state index in [1.54, 1.807) is 24.3 Å². The summed E-state index contributed by atoms with van der Waals surface area (Å²) < 4.78 is 31.5. The molecule has 0 unspecified atom stereocenters. The van der Waals surface area contributed by atoms with Crippen LogP contribution in [0.1, 0.15) is 5.56 Å². The minimum atomic E-state index is -4.06. The van der Waals surface area contributed by atoms with Crippen LogP contribution < -0.4 is 10.0 Å². The van der Waals surface area contributed by atoms with Gasteiger partial charge >= 0.3 is 6.09 Å². The Bertz CT molecular complexity index is 903. The van der Waals surface area contributed by atoms with E-state index in [0.717, 1.165) is 6.07 Å². The first kappa shape index (κ1) is 19.3. The van der Waals surface area contributed by atoms with Crippen LogP contribution in [0.25, 0.3) is 0 Å². The number of anilines is 1. The average molecular weight is 405 g/mol. The maximum Gasteiger partial charge on any atom is 0.411 e. The first-order valence-corrected chi connectivity index (χ1v) is 9.08. The van der Waals surface area contributed by atoms with Crippen molar-refractivity contribution in [1.29, 1.82) is 0 Å². The van der Waals surface area contributed by atoms with Gasteiger partial charge in [-0.3, -0.25) is 5.32 Å². The predicted molar refractivity (Wildman–Crippen MR) is 94.6 cm³/mol. The van der Waals surface area contributed by atoms with Gasteiger partial charge in [0.1, 0.15) is 4.90 Å². The summed E-state index contributed by atoms with van der Waals surface area (Å²) in [7, 11) is -2.82. The number of halogens is 2. The molecule has 0 saturated heterocycles. The topological polar surface area (TPSA) is 105 Å². The molecule has 2 aromatic rings. The van der Waals surface area contributed by atoms with E-state index in [-0.39, 0.29) is 16.6 Å². The summed E-state index contributed by atoms with van der Waals surface area (Å²) in [5, 5.41) is 12.2. The van der Waals surface area contributed by atoms with Crippen molar-refractivity contribution >= 4 is 45.0 Å². The quantitative estimate of drug-likeness (QED) is 0.708. The summed E-state index contributed by atoms with van der Waals surface area (Å²) in [5.74, 6) is -0.584. The molecule has 2 rings (SSSR count). The molecule has 134 valence electrons. The molecule has 0 aliphatic rings. The number of methoxy groups -OCH3 is 1. The molecule has 0 aromatic heterocycles. The van der Waals surface area contributed by atoms with E-state index in [4.69, 9.17) is 23.2 Å². The monoisotopic (exact) mass is 404 g/mol. The maximum atomic E-state index is 12.4. The first-order chi connectivity index (χ1) is 11.7. The summed E-state index contributed by atoms with van der Waals surface area (Å²) in [6, 6.07) is 8.83. The van der Waals surface area contributed by atoms with E-state index < -0.39 is 26.8 Å². The van der Waals surface area contributed by atoms with E-state index in [9.17, 15) is 18.3 Å². The Kier molecular flexibility index (Phi) is 6.12. The molecular formula is C15H14Cl2N2O5S. The van der Waals surface area contributed by atoms with Crippen LogP contribution in [0.5, 0.6) is 5.75 Å². The van der Waals surface area contributed by atoms with Gasteiger partial charge in [-0.15, -0.1) is 0 Å². The van der Waals surface area contributed by atoms with E-state index in [0.29, 0.717) is 11.3 Å². The molecule has 0 heterocycles. The number of sulfonamides is 1. The lowest BCUT2D eigenvalue weighted by Crippen LogP contribution is -2.23. The average Bonchev–Trinajstić information content (AvgIpc) is 2.56. The van der Waals surface area contributed by atoms with E-state index in [1.807, 2.05) is 0 Å². The Balaban J connectivity index is 2.18. The number of carbonyl (C=O) groups is 1. The Morgan fingerprint density at radius 3 is 2.64 bits per heavy atom. The van der Waals surface area contributed by atoms with Crippen molar-refractivity contribution < 1.29 is 23.1 Å². The zero-order chi connectivity index (χ0) is 18.6. The van der Waals surface area contributed by atoms with E-state index >= 15 is 0 Å². The third-order valence-electron chi connectivity index (χ3n) is 3.11. The van der Waals surface area contributed by atoms with Crippen LogP contribution in [0, 0.1) is 0 Å². The summed E-state index contributed by atoms with van der Waals surface area (Å²) in [5.41, 5.74) is 1.02. The molecule has 3 N–H and O–H groups in total. The molecule has 0 saturated carbocycles. The van der Waals surface area contributed by atoms with Crippen LogP contribution in [0.2, 0.25) is 10.0 Å². The minimum absolute atomic E-state index is 0.0763. The van der Waals surface area contributed by atoms with Crippen LogP contribution in [0.15, 0.2) is 41.3 Å². The second-order valence-corrected chi connectivity index (χ2v) is 7.45. The van der Waals surface area contributed by atoms with Gasteiger partial charge in [0.2, 0.25) is 10.0 Å². The molecule has 1 amide bonds. The summed E-state index contributed by atoms with van der Waals surface area (Å²) in [6.07, 6.45) is -0.642. The SMILES string of the molecule is COC(=O)Nc1cccc(CNS(=O)(=O)c2cc(Cl)cc(Cl)c2O)c1. The van der Waals surface area contributed by atoms with Crippen molar-refractivity contribution in [3.05, 3.63) is 52.0 Å². The number of carbonyl (C=O) groups excluding carboxylic acids is 1.